The Morgan fingerprint density at radius 3 is 1.58 bits per heavy atom. The van der Waals surface area contributed by atoms with E-state index in [1.165, 1.54) is 49.5 Å². The molecule has 0 fully saturated rings. The van der Waals surface area contributed by atoms with Gasteiger partial charge in [-0.1, -0.05) is 115 Å². The first-order valence-corrected chi connectivity index (χ1v) is 16.7. The van der Waals surface area contributed by atoms with Gasteiger partial charge in [0.15, 0.2) is 0 Å². The van der Waals surface area contributed by atoms with Gasteiger partial charge in [-0.2, -0.15) is 0 Å². The van der Waals surface area contributed by atoms with Gasteiger partial charge in [0.1, 0.15) is 11.2 Å². The Kier molecular flexibility index (Phi) is 6.98. The molecule has 48 heavy (non-hydrogen) atoms. The number of benzene rings is 7. The lowest BCUT2D eigenvalue weighted by atomic mass is 9.92. The first kappa shape index (κ1) is 28.1. The second-order valence-electron chi connectivity index (χ2n) is 12.4. The van der Waals surface area contributed by atoms with Crippen LogP contribution in [0.2, 0.25) is 0 Å². The summed E-state index contributed by atoms with van der Waals surface area (Å²) in [6.07, 6.45) is 8.80. The molecule has 228 valence electrons. The lowest BCUT2D eigenvalue weighted by molar-refractivity contribution is 0.669. The summed E-state index contributed by atoms with van der Waals surface area (Å²) in [5, 5.41) is 4.80. The average Bonchev–Trinajstić information content (AvgIpc) is 3.53. The van der Waals surface area contributed by atoms with Crippen molar-refractivity contribution in [3.8, 4) is 22.3 Å². The maximum absolute atomic E-state index is 6.30. The quantitative estimate of drug-likeness (QED) is 0.185. The summed E-state index contributed by atoms with van der Waals surface area (Å²) >= 11 is 0. The minimum atomic E-state index is 0.921. The van der Waals surface area contributed by atoms with Crippen LogP contribution in [0.1, 0.15) is 18.4 Å². The fourth-order valence-corrected chi connectivity index (χ4v) is 7.19. The predicted molar refractivity (Wildman–Crippen MR) is 203 cm³/mol. The third-order valence-electron chi connectivity index (χ3n) is 9.55. The highest BCUT2D eigenvalue weighted by Crippen LogP contribution is 2.40. The zero-order valence-corrected chi connectivity index (χ0v) is 26.5. The molecule has 0 saturated carbocycles. The Labute approximate surface area is 280 Å². The van der Waals surface area contributed by atoms with Gasteiger partial charge in [-0.3, -0.25) is 0 Å². The fourth-order valence-electron chi connectivity index (χ4n) is 7.19. The molecule has 0 N–H and O–H groups in total. The third-order valence-corrected chi connectivity index (χ3v) is 9.55. The largest absolute Gasteiger partial charge is 0.456 e. The molecule has 0 atom stereocenters. The van der Waals surface area contributed by atoms with Crippen LogP contribution in [0.5, 0.6) is 0 Å². The van der Waals surface area contributed by atoms with E-state index < -0.39 is 0 Å². The van der Waals surface area contributed by atoms with Gasteiger partial charge in [0, 0.05) is 27.8 Å². The molecule has 8 aromatic rings. The number of anilines is 3. The van der Waals surface area contributed by atoms with Crippen molar-refractivity contribution in [2.45, 2.75) is 12.8 Å². The number of fused-ring (bicyclic) bond motifs is 4. The Bertz CT molecular complexity index is 2450. The van der Waals surface area contributed by atoms with Crippen LogP contribution in [0.15, 0.2) is 180 Å². The standard InChI is InChI=1S/C46H33NO/c1-4-12-32(13-5-1)34-24-28-45-43(30-34)44-31-35(25-29-46(44)48-45)40-19-11-20-41-39(18-10-21-42(40)41)33-22-26-38(27-23-33)47(36-14-6-2-7-15-36)37-16-8-3-9-17-37/h1-4,6-12,14-31H,5,13H2. The second-order valence-corrected chi connectivity index (χ2v) is 12.4. The smallest absolute Gasteiger partial charge is 0.135 e. The first-order chi connectivity index (χ1) is 23.8. The molecule has 0 bridgehead atoms. The monoisotopic (exact) mass is 615 g/mol. The third kappa shape index (κ3) is 4.99. The van der Waals surface area contributed by atoms with E-state index in [4.69, 9.17) is 4.42 Å². The van der Waals surface area contributed by atoms with E-state index in [9.17, 15) is 0 Å². The number of hydrogen-bond acceptors (Lipinski definition) is 2. The van der Waals surface area contributed by atoms with E-state index in [1.54, 1.807) is 0 Å². The van der Waals surface area contributed by atoms with Crippen molar-refractivity contribution in [1.29, 1.82) is 0 Å². The lowest BCUT2D eigenvalue weighted by Gasteiger charge is -2.25. The van der Waals surface area contributed by atoms with Gasteiger partial charge in [0.2, 0.25) is 0 Å². The molecule has 0 aliphatic heterocycles. The van der Waals surface area contributed by atoms with E-state index in [-0.39, 0.29) is 0 Å². The van der Waals surface area contributed by atoms with Crippen LogP contribution in [0.4, 0.5) is 17.1 Å². The van der Waals surface area contributed by atoms with E-state index in [2.05, 4.69) is 181 Å². The molecule has 1 aliphatic rings. The SMILES string of the molecule is C1=CCCC(c2ccc3oc4ccc(-c5cccc6c(-c7ccc(N(c8ccccc8)c8ccccc8)cc7)cccc56)cc4c3c2)=C1. The molecule has 1 heterocycles. The Morgan fingerprint density at radius 2 is 0.979 bits per heavy atom. The second kappa shape index (κ2) is 11.9. The Morgan fingerprint density at radius 1 is 0.438 bits per heavy atom. The van der Waals surface area contributed by atoms with Crippen LogP contribution in [0, 0.1) is 0 Å². The van der Waals surface area contributed by atoms with Crippen molar-refractivity contribution in [1.82, 2.24) is 0 Å². The van der Waals surface area contributed by atoms with Crippen molar-refractivity contribution >= 4 is 55.3 Å². The molecule has 1 aliphatic carbocycles. The van der Waals surface area contributed by atoms with Crippen LogP contribution < -0.4 is 4.90 Å². The van der Waals surface area contributed by atoms with Gasteiger partial charge in [0.25, 0.3) is 0 Å². The summed E-state index contributed by atoms with van der Waals surface area (Å²) in [5.74, 6) is 0. The topological polar surface area (TPSA) is 16.4 Å². The summed E-state index contributed by atoms with van der Waals surface area (Å²) in [7, 11) is 0. The molecule has 0 spiro atoms. The minimum absolute atomic E-state index is 0.921. The predicted octanol–water partition coefficient (Wildman–Crippen LogP) is 13.3. The molecular weight excluding hydrogens is 583 g/mol. The van der Waals surface area contributed by atoms with Crippen LogP contribution in [-0.2, 0) is 0 Å². The normalized spacial score (nSPS) is 12.9. The van der Waals surface area contributed by atoms with Crippen LogP contribution in [0.25, 0.3) is 60.5 Å². The van der Waals surface area contributed by atoms with Gasteiger partial charge in [-0.15, -0.1) is 0 Å². The van der Waals surface area contributed by atoms with Gasteiger partial charge in [-0.25, -0.2) is 0 Å². The number of hydrogen-bond donors (Lipinski definition) is 0. The number of allylic oxidation sites excluding steroid dienone is 4. The zero-order valence-electron chi connectivity index (χ0n) is 26.5. The maximum Gasteiger partial charge on any atom is 0.135 e. The van der Waals surface area contributed by atoms with E-state index in [1.807, 2.05) is 0 Å². The molecule has 0 unspecified atom stereocenters. The summed E-state index contributed by atoms with van der Waals surface area (Å²) in [5.41, 5.74) is 12.7. The molecule has 0 saturated heterocycles. The minimum Gasteiger partial charge on any atom is -0.456 e. The number of furan rings is 1. The van der Waals surface area contributed by atoms with Crippen molar-refractivity contribution in [2.75, 3.05) is 4.90 Å². The summed E-state index contributed by atoms with van der Waals surface area (Å²) in [6, 6.07) is 56.6. The summed E-state index contributed by atoms with van der Waals surface area (Å²) in [6.45, 7) is 0. The van der Waals surface area contributed by atoms with Crippen LogP contribution in [-0.4, -0.2) is 0 Å². The zero-order chi connectivity index (χ0) is 31.9. The molecule has 7 aromatic carbocycles. The molecule has 0 radical (unpaired) electrons. The van der Waals surface area contributed by atoms with Gasteiger partial charge >= 0.3 is 0 Å². The van der Waals surface area contributed by atoms with E-state index >= 15 is 0 Å². The van der Waals surface area contributed by atoms with Crippen molar-refractivity contribution in [3.05, 3.63) is 182 Å². The highest BCUT2D eigenvalue weighted by atomic mass is 16.3. The molecule has 0 amide bonds. The van der Waals surface area contributed by atoms with E-state index in [0.717, 1.165) is 46.5 Å². The summed E-state index contributed by atoms with van der Waals surface area (Å²) < 4.78 is 6.30. The van der Waals surface area contributed by atoms with Gasteiger partial charge < -0.3 is 9.32 Å². The molecule has 2 heteroatoms. The molecule has 2 nitrogen and oxygen atoms in total. The summed E-state index contributed by atoms with van der Waals surface area (Å²) in [4.78, 5) is 2.30. The van der Waals surface area contributed by atoms with Crippen molar-refractivity contribution < 1.29 is 4.42 Å². The highest BCUT2D eigenvalue weighted by Gasteiger charge is 2.15. The molecular formula is C46H33NO. The van der Waals surface area contributed by atoms with Crippen LogP contribution >= 0.6 is 0 Å². The highest BCUT2D eigenvalue weighted by molar-refractivity contribution is 6.10. The fraction of sp³-hybridized carbons (Fsp3) is 0.0435. The Hall–Kier alpha value is -6.12. The van der Waals surface area contributed by atoms with Crippen molar-refractivity contribution in [2.24, 2.45) is 0 Å². The van der Waals surface area contributed by atoms with Crippen LogP contribution in [0.3, 0.4) is 0 Å². The average molecular weight is 616 g/mol. The first-order valence-electron chi connectivity index (χ1n) is 16.7. The van der Waals surface area contributed by atoms with E-state index in [0.29, 0.717) is 0 Å². The maximum atomic E-state index is 6.30. The molecule has 9 rings (SSSR count). The Balaban J connectivity index is 1.11. The number of para-hydroxylation sites is 2. The number of nitrogens with zero attached hydrogens (tertiary/aromatic N) is 1. The molecule has 1 aromatic heterocycles. The van der Waals surface area contributed by atoms with Gasteiger partial charge in [0.05, 0.1) is 0 Å². The van der Waals surface area contributed by atoms with Gasteiger partial charge in [-0.05, 0) is 118 Å². The van der Waals surface area contributed by atoms with Crippen molar-refractivity contribution in [3.63, 3.8) is 0 Å². The number of rotatable bonds is 6. The lowest BCUT2D eigenvalue weighted by Crippen LogP contribution is -2.09.